The summed E-state index contributed by atoms with van der Waals surface area (Å²) in [5.41, 5.74) is 5.73. The molecular formula is C13H26N6. The molecule has 0 saturated heterocycles. The topological polar surface area (TPSA) is 80.0 Å². The highest BCUT2D eigenvalue weighted by Gasteiger charge is 2.10. The number of aromatic nitrogens is 3. The minimum atomic E-state index is 0.271. The Morgan fingerprint density at radius 3 is 2.47 bits per heavy atom. The highest BCUT2D eigenvalue weighted by molar-refractivity contribution is 5.41. The van der Waals surface area contributed by atoms with Gasteiger partial charge in [0.25, 0.3) is 0 Å². The van der Waals surface area contributed by atoms with Crippen molar-refractivity contribution in [1.29, 1.82) is 0 Å². The first-order valence-corrected chi connectivity index (χ1v) is 7.21. The van der Waals surface area contributed by atoms with Crippen molar-refractivity contribution in [3.05, 3.63) is 0 Å². The Bertz CT molecular complexity index is 368. The molecule has 108 valence electrons. The number of hydrogen-bond donors (Lipinski definition) is 2. The molecule has 0 spiro atoms. The lowest BCUT2D eigenvalue weighted by atomic mass is 10.2. The van der Waals surface area contributed by atoms with Crippen LogP contribution in [0.2, 0.25) is 0 Å². The van der Waals surface area contributed by atoms with Crippen molar-refractivity contribution >= 4 is 17.8 Å². The van der Waals surface area contributed by atoms with E-state index in [4.69, 9.17) is 5.73 Å². The molecule has 6 heteroatoms. The van der Waals surface area contributed by atoms with Crippen LogP contribution in [0.15, 0.2) is 0 Å². The smallest absolute Gasteiger partial charge is 0.231 e. The number of rotatable bonds is 9. The average molecular weight is 266 g/mol. The van der Waals surface area contributed by atoms with Gasteiger partial charge in [-0.15, -0.1) is 0 Å². The summed E-state index contributed by atoms with van der Waals surface area (Å²) >= 11 is 0. The highest BCUT2D eigenvalue weighted by atomic mass is 15.3. The molecule has 1 heterocycles. The third kappa shape index (κ3) is 5.28. The van der Waals surface area contributed by atoms with Crippen LogP contribution in [0.5, 0.6) is 0 Å². The maximum Gasteiger partial charge on any atom is 0.231 e. The van der Waals surface area contributed by atoms with Gasteiger partial charge in [-0.2, -0.15) is 15.0 Å². The van der Waals surface area contributed by atoms with E-state index in [0.717, 1.165) is 26.1 Å². The van der Waals surface area contributed by atoms with Gasteiger partial charge in [0, 0.05) is 19.6 Å². The average Bonchev–Trinajstić information content (AvgIpc) is 2.38. The van der Waals surface area contributed by atoms with Crippen LogP contribution >= 0.6 is 0 Å². The molecule has 1 rings (SSSR count). The molecule has 1 aromatic rings. The third-order valence-corrected chi connectivity index (χ3v) is 2.92. The fourth-order valence-corrected chi connectivity index (χ4v) is 1.89. The van der Waals surface area contributed by atoms with E-state index in [1.54, 1.807) is 0 Å². The summed E-state index contributed by atoms with van der Waals surface area (Å²) in [5.74, 6) is 1.49. The fraction of sp³-hybridized carbons (Fsp3) is 0.769. The first-order chi connectivity index (χ1) is 9.21. The Kier molecular flexibility index (Phi) is 6.92. The SMILES string of the molecule is CCCCCCN(CC)c1nc(N)nc(NCC)n1. The van der Waals surface area contributed by atoms with Crippen LogP contribution in [-0.2, 0) is 0 Å². The van der Waals surface area contributed by atoms with Crippen molar-refractivity contribution in [3.8, 4) is 0 Å². The summed E-state index contributed by atoms with van der Waals surface area (Å²) in [6.07, 6.45) is 4.92. The van der Waals surface area contributed by atoms with Gasteiger partial charge in [0.2, 0.25) is 17.8 Å². The van der Waals surface area contributed by atoms with Gasteiger partial charge < -0.3 is 16.0 Å². The molecule has 0 bridgehead atoms. The Morgan fingerprint density at radius 1 is 1.05 bits per heavy atom. The van der Waals surface area contributed by atoms with Crippen LogP contribution in [-0.4, -0.2) is 34.6 Å². The van der Waals surface area contributed by atoms with E-state index >= 15 is 0 Å². The Balaban J connectivity index is 2.68. The summed E-state index contributed by atoms with van der Waals surface area (Å²) in [5, 5.41) is 3.08. The quantitative estimate of drug-likeness (QED) is 0.668. The number of nitrogens with zero attached hydrogens (tertiary/aromatic N) is 4. The standard InChI is InChI=1S/C13H26N6/c1-4-7-8-9-10-19(6-3)13-17-11(14)16-12(18-13)15-5-2/h4-10H2,1-3H3,(H3,14,15,16,17,18). The molecule has 6 nitrogen and oxygen atoms in total. The number of nitrogens with one attached hydrogen (secondary N) is 1. The van der Waals surface area contributed by atoms with Gasteiger partial charge in [-0.25, -0.2) is 0 Å². The lowest BCUT2D eigenvalue weighted by molar-refractivity contribution is 0.641. The minimum Gasteiger partial charge on any atom is -0.368 e. The van der Waals surface area contributed by atoms with Crippen molar-refractivity contribution < 1.29 is 0 Å². The molecule has 0 fully saturated rings. The molecule has 0 radical (unpaired) electrons. The van der Waals surface area contributed by atoms with E-state index in [2.05, 4.69) is 39.0 Å². The van der Waals surface area contributed by atoms with E-state index in [1.165, 1.54) is 19.3 Å². The first-order valence-electron chi connectivity index (χ1n) is 7.21. The van der Waals surface area contributed by atoms with Crippen LogP contribution < -0.4 is 16.0 Å². The molecule has 19 heavy (non-hydrogen) atoms. The van der Waals surface area contributed by atoms with Gasteiger partial charge in [0.05, 0.1) is 0 Å². The number of anilines is 3. The summed E-state index contributed by atoms with van der Waals surface area (Å²) in [7, 11) is 0. The normalized spacial score (nSPS) is 10.5. The van der Waals surface area contributed by atoms with Crippen LogP contribution in [0.1, 0.15) is 46.5 Å². The molecule has 0 aromatic carbocycles. The molecule has 0 atom stereocenters. The molecule has 3 N–H and O–H groups in total. The summed E-state index contributed by atoms with van der Waals surface area (Å²) < 4.78 is 0. The van der Waals surface area contributed by atoms with E-state index in [-0.39, 0.29) is 5.95 Å². The van der Waals surface area contributed by atoms with Crippen molar-refractivity contribution in [1.82, 2.24) is 15.0 Å². The highest BCUT2D eigenvalue weighted by Crippen LogP contribution is 2.13. The molecular weight excluding hydrogens is 240 g/mol. The second kappa shape index (κ2) is 8.50. The second-order valence-electron chi connectivity index (χ2n) is 4.49. The predicted octanol–water partition coefficient (Wildman–Crippen LogP) is 2.29. The summed E-state index contributed by atoms with van der Waals surface area (Å²) in [6, 6.07) is 0. The van der Waals surface area contributed by atoms with Gasteiger partial charge in [-0.05, 0) is 20.3 Å². The molecule has 0 aliphatic carbocycles. The Hall–Kier alpha value is -1.59. The number of unbranched alkanes of at least 4 members (excludes halogenated alkanes) is 3. The van der Waals surface area contributed by atoms with Crippen LogP contribution in [0.25, 0.3) is 0 Å². The van der Waals surface area contributed by atoms with Gasteiger partial charge in [0.15, 0.2) is 0 Å². The zero-order chi connectivity index (χ0) is 14.1. The summed E-state index contributed by atoms with van der Waals surface area (Å²) in [4.78, 5) is 14.8. The maximum absolute atomic E-state index is 5.73. The Morgan fingerprint density at radius 2 is 1.84 bits per heavy atom. The van der Waals surface area contributed by atoms with Gasteiger partial charge in [-0.1, -0.05) is 26.2 Å². The predicted molar refractivity (Wildman–Crippen MR) is 80.4 cm³/mol. The van der Waals surface area contributed by atoms with Gasteiger partial charge >= 0.3 is 0 Å². The third-order valence-electron chi connectivity index (χ3n) is 2.92. The zero-order valence-electron chi connectivity index (χ0n) is 12.3. The van der Waals surface area contributed by atoms with Gasteiger partial charge in [0.1, 0.15) is 0 Å². The van der Waals surface area contributed by atoms with E-state index in [9.17, 15) is 0 Å². The van der Waals surface area contributed by atoms with Crippen LogP contribution in [0.3, 0.4) is 0 Å². The van der Waals surface area contributed by atoms with Crippen LogP contribution in [0, 0.1) is 0 Å². The van der Waals surface area contributed by atoms with Crippen LogP contribution in [0.4, 0.5) is 17.8 Å². The first kappa shape index (κ1) is 15.5. The molecule has 0 aliphatic heterocycles. The molecule has 0 aliphatic rings. The zero-order valence-corrected chi connectivity index (χ0v) is 12.3. The summed E-state index contributed by atoms with van der Waals surface area (Å²) in [6.45, 7) is 8.93. The van der Waals surface area contributed by atoms with Crippen molar-refractivity contribution in [2.75, 3.05) is 35.6 Å². The van der Waals surface area contributed by atoms with Crippen molar-refractivity contribution in [2.24, 2.45) is 0 Å². The fourth-order valence-electron chi connectivity index (χ4n) is 1.89. The van der Waals surface area contributed by atoms with Crippen molar-refractivity contribution in [3.63, 3.8) is 0 Å². The minimum absolute atomic E-state index is 0.271. The van der Waals surface area contributed by atoms with E-state index < -0.39 is 0 Å². The lowest BCUT2D eigenvalue weighted by Gasteiger charge is -2.21. The largest absolute Gasteiger partial charge is 0.368 e. The monoisotopic (exact) mass is 266 g/mol. The lowest BCUT2D eigenvalue weighted by Crippen LogP contribution is -2.27. The van der Waals surface area contributed by atoms with Gasteiger partial charge in [-0.3, -0.25) is 0 Å². The maximum atomic E-state index is 5.73. The Labute approximate surface area is 115 Å². The number of nitrogens with two attached hydrogens (primary N) is 1. The second-order valence-corrected chi connectivity index (χ2v) is 4.49. The number of hydrogen-bond acceptors (Lipinski definition) is 6. The van der Waals surface area contributed by atoms with E-state index in [0.29, 0.717) is 11.9 Å². The molecule has 0 unspecified atom stereocenters. The molecule has 0 amide bonds. The van der Waals surface area contributed by atoms with Crippen molar-refractivity contribution in [2.45, 2.75) is 46.5 Å². The molecule has 0 saturated carbocycles. The van der Waals surface area contributed by atoms with E-state index in [1.807, 2.05) is 6.92 Å². The molecule has 1 aromatic heterocycles. The number of nitrogen functional groups attached to an aromatic ring is 1.